The summed E-state index contributed by atoms with van der Waals surface area (Å²) < 4.78 is 5.72. The van der Waals surface area contributed by atoms with Gasteiger partial charge >= 0.3 is 0 Å². The SMILES string of the molecule is NCc1ccccc1Cc1nc2cc(Cl)ccc2o1. The Morgan fingerprint density at radius 2 is 1.89 bits per heavy atom. The normalized spacial score (nSPS) is 11.1. The van der Waals surface area contributed by atoms with Crippen molar-refractivity contribution in [2.24, 2.45) is 5.73 Å². The van der Waals surface area contributed by atoms with Gasteiger partial charge in [0.05, 0.1) is 0 Å². The molecule has 0 saturated carbocycles. The van der Waals surface area contributed by atoms with Crippen LogP contribution in [0.1, 0.15) is 17.0 Å². The van der Waals surface area contributed by atoms with Gasteiger partial charge in [0.15, 0.2) is 11.5 Å². The lowest BCUT2D eigenvalue weighted by Crippen LogP contribution is -2.01. The van der Waals surface area contributed by atoms with Crippen LogP contribution in [0, 0.1) is 0 Å². The van der Waals surface area contributed by atoms with Crippen LogP contribution in [0.4, 0.5) is 0 Å². The first-order chi connectivity index (χ1) is 9.26. The van der Waals surface area contributed by atoms with Crippen LogP contribution in [-0.2, 0) is 13.0 Å². The smallest absolute Gasteiger partial charge is 0.199 e. The van der Waals surface area contributed by atoms with Crippen molar-refractivity contribution in [2.45, 2.75) is 13.0 Å². The molecule has 0 saturated heterocycles. The van der Waals surface area contributed by atoms with Crippen LogP contribution >= 0.6 is 11.6 Å². The van der Waals surface area contributed by atoms with Crippen molar-refractivity contribution in [1.82, 2.24) is 4.98 Å². The Hall–Kier alpha value is -1.84. The fraction of sp³-hybridized carbons (Fsp3) is 0.133. The third kappa shape index (κ3) is 2.48. The van der Waals surface area contributed by atoms with Crippen molar-refractivity contribution < 1.29 is 4.42 Å². The van der Waals surface area contributed by atoms with Gasteiger partial charge in [0.1, 0.15) is 5.52 Å². The van der Waals surface area contributed by atoms with Crippen LogP contribution in [0.15, 0.2) is 46.9 Å². The number of hydrogen-bond donors (Lipinski definition) is 1. The quantitative estimate of drug-likeness (QED) is 0.793. The van der Waals surface area contributed by atoms with E-state index in [1.54, 1.807) is 12.1 Å². The molecule has 0 bridgehead atoms. The standard InChI is InChI=1S/C15H13ClN2O/c16-12-5-6-14-13(8-12)18-15(19-14)7-10-3-1-2-4-11(10)9-17/h1-6,8H,7,9,17H2. The predicted octanol–water partition coefficient (Wildman–Crippen LogP) is 3.53. The Kier molecular flexibility index (Phi) is 3.23. The largest absolute Gasteiger partial charge is 0.440 e. The molecule has 1 heterocycles. The molecule has 0 unspecified atom stereocenters. The Labute approximate surface area is 116 Å². The number of nitrogens with two attached hydrogens (primary N) is 1. The Morgan fingerprint density at radius 1 is 1.11 bits per heavy atom. The molecule has 19 heavy (non-hydrogen) atoms. The second kappa shape index (κ2) is 5.03. The average Bonchev–Trinajstić information content (AvgIpc) is 2.80. The predicted molar refractivity (Wildman–Crippen MR) is 76.2 cm³/mol. The summed E-state index contributed by atoms with van der Waals surface area (Å²) >= 11 is 5.94. The molecule has 0 amide bonds. The number of hydrogen-bond acceptors (Lipinski definition) is 3. The molecule has 1 aromatic heterocycles. The highest BCUT2D eigenvalue weighted by Gasteiger charge is 2.09. The maximum absolute atomic E-state index is 5.94. The zero-order valence-corrected chi connectivity index (χ0v) is 11.0. The van der Waals surface area contributed by atoms with Gasteiger partial charge in [-0.05, 0) is 29.3 Å². The molecule has 3 nitrogen and oxygen atoms in total. The summed E-state index contributed by atoms with van der Waals surface area (Å²) in [6, 6.07) is 13.5. The fourth-order valence-electron chi connectivity index (χ4n) is 2.12. The van der Waals surface area contributed by atoms with Crippen molar-refractivity contribution in [2.75, 3.05) is 0 Å². The lowest BCUT2D eigenvalue weighted by molar-refractivity contribution is 0.543. The molecule has 96 valence electrons. The molecule has 0 fully saturated rings. The van der Waals surface area contributed by atoms with Gasteiger partial charge in [0, 0.05) is 18.0 Å². The molecule has 3 rings (SSSR count). The molecule has 0 atom stereocenters. The summed E-state index contributed by atoms with van der Waals surface area (Å²) in [6.07, 6.45) is 0.639. The van der Waals surface area contributed by atoms with E-state index in [0.717, 1.165) is 22.2 Å². The second-order valence-corrected chi connectivity index (χ2v) is 4.81. The van der Waals surface area contributed by atoms with Crippen LogP contribution < -0.4 is 5.73 Å². The molecule has 0 radical (unpaired) electrons. The first kappa shape index (κ1) is 12.2. The van der Waals surface area contributed by atoms with E-state index in [0.29, 0.717) is 23.9 Å². The molecule has 2 aromatic carbocycles. The highest BCUT2D eigenvalue weighted by atomic mass is 35.5. The van der Waals surface area contributed by atoms with Gasteiger partial charge in [0.2, 0.25) is 0 Å². The zero-order valence-electron chi connectivity index (χ0n) is 10.3. The Morgan fingerprint density at radius 3 is 2.68 bits per heavy atom. The van der Waals surface area contributed by atoms with E-state index < -0.39 is 0 Å². The summed E-state index contributed by atoms with van der Waals surface area (Å²) in [5, 5.41) is 0.662. The number of nitrogens with zero attached hydrogens (tertiary/aromatic N) is 1. The van der Waals surface area contributed by atoms with E-state index >= 15 is 0 Å². The molecule has 3 aromatic rings. The van der Waals surface area contributed by atoms with E-state index in [1.165, 1.54) is 0 Å². The van der Waals surface area contributed by atoms with Crippen LogP contribution in [0.2, 0.25) is 5.02 Å². The fourth-order valence-corrected chi connectivity index (χ4v) is 2.28. The van der Waals surface area contributed by atoms with Crippen molar-refractivity contribution >= 4 is 22.7 Å². The van der Waals surface area contributed by atoms with Gasteiger partial charge in [-0.2, -0.15) is 0 Å². The first-order valence-corrected chi connectivity index (χ1v) is 6.46. The van der Waals surface area contributed by atoms with Crippen molar-refractivity contribution in [3.63, 3.8) is 0 Å². The van der Waals surface area contributed by atoms with Crippen LogP contribution in [-0.4, -0.2) is 4.98 Å². The number of fused-ring (bicyclic) bond motifs is 1. The Balaban J connectivity index is 1.96. The lowest BCUT2D eigenvalue weighted by Gasteiger charge is -2.04. The first-order valence-electron chi connectivity index (χ1n) is 6.08. The van der Waals surface area contributed by atoms with Gasteiger partial charge in [0.25, 0.3) is 0 Å². The van der Waals surface area contributed by atoms with E-state index in [-0.39, 0.29) is 0 Å². The van der Waals surface area contributed by atoms with Crippen molar-refractivity contribution in [1.29, 1.82) is 0 Å². The minimum Gasteiger partial charge on any atom is -0.440 e. The van der Waals surface area contributed by atoms with E-state index in [4.69, 9.17) is 21.8 Å². The topological polar surface area (TPSA) is 52.0 Å². The van der Waals surface area contributed by atoms with Gasteiger partial charge in [-0.15, -0.1) is 0 Å². The third-order valence-corrected chi connectivity index (χ3v) is 3.31. The van der Waals surface area contributed by atoms with Crippen molar-refractivity contribution in [3.05, 3.63) is 64.5 Å². The van der Waals surface area contributed by atoms with E-state index in [2.05, 4.69) is 4.98 Å². The van der Waals surface area contributed by atoms with E-state index in [9.17, 15) is 0 Å². The number of aromatic nitrogens is 1. The average molecular weight is 273 g/mol. The van der Waals surface area contributed by atoms with Crippen LogP contribution in [0.3, 0.4) is 0 Å². The zero-order chi connectivity index (χ0) is 13.2. The Bertz CT molecular complexity index is 721. The van der Waals surface area contributed by atoms with Gasteiger partial charge in [-0.3, -0.25) is 0 Å². The monoisotopic (exact) mass is 272 g/mol. The summed E-state index contributed by atoms with van der Waals surface area (Å²) in [5.41, 5.74) is 9.53. The third-order valence-electron chi connectivity index (χ3n) is 3.07. The lowest BCUT2D eigenvalue weighted by atomic mass is 10.0. The molecular formula is C15H13ClN2O. The van der Waals surface area contributed by atoms with Gasteiger partial charge < -0.3 is 10.2 Å². The molecule has 2 N–H and O–H groups in total. The van der Waals surface area contributed by atoms with Crippen LogP contribution in [0.25, 0.3) is 11.1 Å². The summed E-state index contributed by atoms with van der Waals surface area (Å²) in [5.74, 6) is 0.679. The highest BCUT2D eigenvalue weighted by molar-refractivity contribution is 6.31. The molecule has 0 aliphatic heterocycles. The molecular weight excluding hydrogens is 260 g/mol. The number of oxazole rings is 1. The summed E-state index contributed by atoms with van der Waals surface area (Å²) in [6.45, 7) is 0.516. The van der Waals surface area contributed by atoms with Gasteiger partial charge in [-0.25, -0.2) is 4.98 Å². The number of rotatable bonds is 3. The number of benzene rings is 2. The summed E-state index contributed by atoms with van der Waals surface area (Å²) in [7, 11) is 0. The second-order valence-electron chi connectivity index (χ2n) is 4.37. The van der Waals surface area contributed by atoms with Crippen molar-refractivity contribution in [3.8, 4) is 0 Å². The molecule has 4 heteroatoms. The minimum atomic E-state index is 0.516. The number of halogens is 1. The minimum absolute atomic E-state index is 0.516. The highest BCUT2D eigenvalue weighted by Crippen LogP contribution is 2.22. The van der Waals surface area contributed by atoms with Gasteiger partial charge in [-0.1, -0.05) is 35.9 Å². The van der Waals surface area contributed by atoms with E-state index in [1.807, 2.05) is 30.3 Å². The molecule has 0 spiro atoms. The summed E-state index contributed by atoms with van der Waals surface area (Å²) in [4.78, 5) is 4.45. The maximum atomic E-state index is 5.94. The molecule has 0 aliphatic rings. The maximum Gasteiger partial charge on any atom is 0.199 e. The molecule has 0 aliphatic carbocycles. The van der Waals surface area contributed by atoms with Crippen LogP contribution in [0.5, 0.6) is 0 Å².